The highest BCUT2D eigenvalue weighted by Gasteiger charge is 2.28. The number of carbonyl (C=O) groups excluding carboxylic acids is 1. The predicted octanol–water partition coefficient (Wildman–Crippen LogP) is 3.23. The van der Waals surface area contributed by atoms with E-state index in [4.69, 9.17) is 4.98 Å². The Kier molecular flexibility index (Phi) is 6.86. The van der Waals surface area contributed by atoms with Crippen molar-refractivity contribution < 1.29 is 13.2 Å². The first-order chi connectivity index (χ1) is 17.8. The van der Waals surface area contributed by atoms with E-state index in [0.29, 0.717) is 41.2 Å². The summed E-state index contributed by atoms with van der Waals surface area (Å²) < 4.78 is 28.6. The molecule has 37 heavy (non-hydrogen) atoms. The highest BCUT2D eigenvalue weighted by molar-refractivity contribution is 7.89. The Morgan fingerprint density at radius 1 is 0.973 bits per heavy atom. The van der Waals surface area contributed by atoms with Gasteiger partial charge in [0.1, 0.15) is 11.8 Å². The van der Waals surface area contributed by atoms with Crippen LogP contribution in [0.5, 0.6) is 0 Å². The van der Waals surface area contributed by atoms with Gasteiger partial charge < -0.3 is 9.80 Å². The predicted molar refractivity (Wildman–Crippen MR) is 142 cm³/mol. The summed E-state index contributed by atoms with van der Waals surface area (Å²) in [5.41, 5.74) is 3.34. The zero-order chi connectivity index (χ0) is 26.0. The van der Waals surface area contributed by atoms with Gasteiger partial charge in [-0.3, -0.25) is 4.79 Å². The molecule has 0 spiro atoms. The van der Waals surface area contributed by atoms with Crippen LogP contribution in [0.2, 0.25) is 0 Å². The van der Waals surface area contributed by atoms with E-state index in [0.717, 1.165) is 5.56 Å². The summed E-state index contributed by atoms with van der Waals surface area (Å²) >= 11 is 0. The highest BCUT2D eigenvalue weighted by atomic mass is 32.2. The second-order valence-corrected chi connectivity index (χ2v) is 11.0. The lowest BCUT2D eigenvalue weighted by atomic mass is 10.1. The molecule has 1 amide bonds. The summed E-state index contributed by atoms with van der Waals surface area (Å²) in [7, 11) is -3.73. The molecular formula is C27H28N6O3S. The lowest BCUT2D eigenvalue weighted by Gasteiger charge is -2.37. The molecule has 0 bridgehead atoms. The normalized spacial score (nSPS) is 14.5. The number of piperazine rings is 1. The van der Waals surface area contributed by atoms with Crippen molar-refractivity contribution in [2.24, 2.45) is 0 Å². The molecule has 0 atom stereocenters. The lowest BCUT2D eigenvalue weighted by molar-refractivity contribution is -0.132. The third-order valence-electron chi connectivity index (χ3n) is 6.39. The van der Waals surface area contributed by atoms with Crippen molar-refractivity contribution in [3.63, 3.8) is 0 Å². The molecule has 2 aromatic heterocycles. The van der Waals surface area contributed by atoms with Gasteiger partial charge in [0.15, 0.2) is 5.82 Å². The van der Waals surface area contributed by atoms with Crippen LogP contribution < -0.4 is 9.62 Å². The van der Waals surface area contributed by atoms with Crippen molar-refractivity contribution in [2.75, 3.05) is 24.5 Å². The van der Waals surface area contributed by atoms with E-state index < -0.39 is 10.0 Å². The van der Waals surface area contributed by atoms with Gasteiger partial charge in [-0.05, 0) is 43.7 Å². The second kappa shape index (κ2) is 10.2. The minimum absolute atomic E-state index is 0.0464. The van der Waals surface area contributed by atoms with Crippen molar-refractivity contribution >= 4 is 32.8 Å². The van der Waals surface area contributed by atoms with E-state index >= 15 is 0 Å². The molecule has 3 heterocycles. The minimum atomic E-state index is -3.73. The van der Waals surface area contributed by atoms with E-state index in [1.807, 2.05) is 72.2 Å². The number of carbonyl (C=O) groups is 1. The molecule has 0 saturated carbocycles. The largest absolute Gasteiger partial charge is 0.344 e. The highest BCUT2D eigenvalue weighted by Crippen LogP contribution is 2.27. The topological polar surface area (TPSA) is 108 Å². The number of fused-ring (bicyclic) bond motifs is 1. The Bertz CT molecular complexity index is 1540. The fourth-order valence-corrected chi connectivity index (χ4v) is 5.48. The SMILES string of the molecule is CC(C)N1CCN(c2ncnc3ccc(-c4cccc(S(=O)(=O)NCc5ccccc5)c4)nc23)CC1=O. The molecule has 5 rings (SSSR count). The number of rotatable bonds is 7. The molecule has 9 nitrogen and oxygen atoms in total. The molecule has 1 N–H and O–H groups in total. The van der Waals surface area contributed by atoms with Crippen LogP contribution in [-0.4, -0.2) is 59.9 Å². The maximum atomic E-state index is 13.0. The van der Waals surface area contributed by atoms with Gasteiger partial charge in [-0.1, -0.05) is 42.5 Å². The van der Waals surface area contributed by atoms with Gasteiger partial charge in [-0.25, -0.2) is 28.1 Å². The van der Waals surface area contributed by atoms with E-state index in [-0.39, 0.29) is 29.9 Å². The molecule has 1 saturated heterocycles. The van der Waals surface area contributed by atoms with Gasteiger partial charge in [0.25, 0.3) is 0 Å². The fraction of sp³-hybridized carbons (Fsp3) is 0.259. The van der Waals surface area contributed by atoms with Crippen molar-refractivity contribution in [3.8, 4) is 11.3 Å². The number of hydrogen-bond acceptors (Lipinski definition) is 7. The molecular weight excluding hydrogens is 488 g/mol. The van der Waals surface area contributed by atoms with Crippen LogP contribution in [0, 0.1) is 0 Å². The average Bonchev–Trinajstić information content (AvgIpc) is 2.92. The maximum Gasteiger partial charge on any atom is 0.242 e. The molecule has 0 unspecified atom stereocenters. The number of pyridine rings is 1. The molecule has 4 aromatic rings. The Morgan fingerprint density at radius 3 is 2.54 bits per heavy atom. The van der Waals surface area contributed by atoms with Crippen molar-refractivity contribution in [3.05, 3.63) is 78.6 Å². The number of sulfonamides is 1. The third kappa shape index (κ3) is 5.30. The Morgan fingerprint density at radius 2 is 1.78 bits per heavy atom. The number of nitrogens with one attached hydrogen (secondary N) is 1. The standard InChI is InChI=1S/C27H28N6O3S/c1-19(2)33-14-13-32(17-25(33)34)27-26-24(28-18-29-27)12-11-23(31-26)21-9-6-10-22(15-21)37(35,36)30-16-20-7-4-3-5-8-20/h3-12,15,18-19,30H,13-14,16-17H2,1-2H3. The first-order valence-electron chi connectivity index (χ1n) is 12.1. The molecule has 190 valence electrons. The average molecular weight is 517 g/mol. The van der Waals surface area contributed by atoms with Gasteiger partial charge in [0.2, 0.25) is 15.9 Å². The summed E-state index contributed by atoms with van der Waals surface area (Å²) in [6.07, 6.45) is 1.48. The van der Waals surface area contributed by atoms with Crippen LogP contribution in [0.15, 0.2) is 78.0 Å². The van der Waals surface area contributed by atoms with E-state index in [9.17, 15) is 13.2 Å². The molecule has 0 aliphatic carbocycles. The second-order valence-electron chi connectivity index (χ2n) is 9.20. The van der Waals surface area contributed by atoms with E-state index in [2.05, 4.69) is 14.7 Å². The van der Waals surface area contributed by atoms with Gasteiger partial charge in [-0.15, -0.1) is 0 Å². The summed E-state index contributed by atoms with van der Waals surface area (Å²) in [6, 6.07) is 19.8. The molecule has 10 heteroatoms. The Labute approximate surface area is 216 Å². The monoisotopic (exact) mass is 516 g/mol. The quantitative estimate of drug-likeness (QED) is 0.402. The van der Waals surface area contributed by atoms with Crippen molar-refractivity contribution in [1.29, 1.82) is 0 Å². The number of nitrogens with zero attached hydrogens (tertiary/aromatic N) is 5. The fourth-order valence-electron chi connectivity index (χ4n) is 4.41. The summed E-state index contributed by atoms with van der Waals surface area (Å²) in [5.74, 6) is 0.641. The van der Waals surface area contributed by atoms with Crippen molar-refractivity contribution in [1.82, 2.24) is 24.6 Å². The summed E-state index contributed by atoms with van der Waals surface area (Å²) in [5, 5.41) is 0. The molecule has 1 aliphatic rings. The number of hydrogen-bond donors (Lipinski definition) is 1. The Hall–Kier alpha value is -3.89. The van der Waals surface area contributed by atoms with Gasteiger partial charge in [0, 0.05) is 31.2 Å². The summed E-state index contributed by atoms with van der Waals surface area (Å²) in [4.78, 5) is 30.2. The number of benzene rings is 2. The third-order valence-corrected chi connectivity index (χ3v) is 7.79. The molecule has 1 fully saturated rings. The number of anilines is 1. The van der Waals surface area contributed by atoms with E-state index in [1.54, 1.807) is 18.2 Å². The van der Waals surface area contributed by atoms with Crippen LogP contribution in [0.1, 0.15) is 19.4 Å². The lowest BCUT2D eigenvalue weighted by Crippen LogP contribution is -2.53. The maximum absolute atomic E-state index is 13.0. The van der Waals surface area contributed by atoms with Gasteiger partial charge in [-0.2, -0.15) is 0 Å². The molecule has 1 aliphatic heterocycles. The van der Waals surface area contributed by atoms with Crippen molar-refractivity contribution in [2.45, 2.75) is 31.3 Å². The smallest absolute Gasteiger partial charge is 0.242 e. The van der Waals surface area contributed by atoms with Gasteiger partial charge in [0.05, 0.1) is 22.7 Å². The first kappa shape index (κ1) is 24.8. The zero-order valence-corrected chi connectivity index (χ0v) is 21.5. The van der Waals surface area contributed by atoms with Crippen LogP contribution in [-0.2, 0) is 21.4 Å². The first-order valence-corrected chi connectivity index (χ1v) is 13.6. The van der Waals surface area contributed by atoms with Crippen LogP contribution in [0.3, 0.4) is 0 Å². The molecule has 0 radical (unpaired) electrons. The van der Waals surface area contributed by atoms with Crippen LogP contribution >= 0.6 is 0 Å². The van der Waals surface area contributed by atoms with Crippen LogP contribution in [0.25, 0.3) is 22.3 Å². The summed E-state index contributed by atoms with van der Waals surface area (Å²) in [6.45, 7) is 5.68. The van der Waals surface area contributed by atoms with Crippen LogP contribution in [0.4, 0.5) is 5.82 Å². The Balaban J connectivity index is 1.44. The minimum Gasteiger partial charge on any atom is -0.344 e. The zero-order valence-electron chi connectivity index (χ0n) is 20.7. The van der Waals surface area contributed by atoms with Gasteiger partial charge >= 0.3 is 0 Å². The number of aromatic nitrogens is 3. The van der Waals surface area contributed by atoms with E-state index in [1.165, 1.54) is 6.33 Å². The number of amides is 1. The molecule has 2 aromatic carbocycles.